The van der Waals surface area contributed by atoms with Crippen molar-refractivity contribution in [2.24, 2.45) is 7.05 Å². The summed E-state index contributed by atoms with van der Waals surface area (Å²) < 4.78 is 7.53. The number of anilines is 1. The maximum atomic E-state index is 12.3. The highest BCUT2D eigenvalue weighted by atomic mass is 16.5. The van der Waals surface area contributed by atoms with Gasteiger partial charge in [-0.25, -0.2) is 4.79 Å². The van der Waals surface area contributed by atoms with Crippen LogP contribution >= 0.6 is 0 Å². The SMILES string of the molecule is Cc1cccc(Oc2ccc(NC(=O)N(C)Cc3cnn(C)c3)cc2)c1. The molecule has 0 radical (unpaired) electrons. The number of hydrogen-bond donors (Lipinski definition) is 1. The minimum Gasteiger partial charge on any atom is -0.457 e. The van der Waals surface area contributed by atoms with E-state index in [1.165, 1.54) is 0 Å². The number of nitrogens with one attached hydrogen (secondary N) is 1. The van der Waals surface area contributed by atoms with E-state index in [1.54, 1.807) is 22.8 Å². The van der Waals surface area contributed by atoms with E-state index < -0.39 is 0 Å². The van der Waals surface area contributed by atoms with E-state index in [0.29, 0.717) is 12.2 Å². The molecule has 0 saturated heterocycles. The van der Waals surface area contributed by atoms with Crippen molar-refractivity contribution >= 4 is 11.7 Å². The van der Waals surface area contributed by atoms with Crippen molar-refractivity contribution in [3.05, 3.63) is 72.1 Å². The predicted octanol–water partition coefficient (Wildman–Crippen LogP) is 4.18. The Bertz CT molecular complexity index is 887. The third kappa shape index (κ3) is 4.63. The number of hydrogen-bond acceptors (Lipinski definition) is 3. The number of ether oxygens (including phenoxy) is 1. The predicted molar refractivity (Wildman–Crippen MR) is 101 cm³/mol. The van der Waals surface area contributed by atoms with E-state index in [2.05, 4.69) is 10.4 Å². The molecule has 26 heavy (non-hydrogen) atoms. The molecule has 1 aromatic heterocycles. The molecule has 1 N–H and O–H groups in total. The molecule has 0 aliphatic carbocycles. The van der Waals surface area contributed by atoms with Gasteiger partial charge >= 0.3 is 6.03 Å². The molecule has 6 heteroatoms. The number of urea groups is 1. The third-order valence-corrected chi connectivity index (χ3v) is 3.86. The second-order valence-corrected chi connectivity index (χ2v) is 6.25. The lowest BCUT2D eigenvalue weighted by Crippen LogP contribution is -2.30. The number of aromatic nitrogens is 2. The van der Waals surface area contributed by atoms with Gasteiger partial charge in [0.05, 0.1) is 12.7 Å². The smallest absolute Gasteiger partial charge is 0.321 e. The fourth-order valence-electron chi connectivity index (χ4n) is 2.54. The molecule has 6 nitrogen and oxygen atoms in total. The Hall–Kier alpha value is -3.28. The Morgan fingerprint density at radius 1 is 1.19 bits per heavy atom. The molecule has 0 saturated carbocycles. The van der Waals surface area contributed by atoms with Crippen molar-refractivity contribution in [2.45, 2.75) is 13.5 Å². The van der Waals surface area contributed by atoms with Gasteiger partial charge in [-0.2, -0.15) is 5.10 Å². The monoisotopic (exact) mass is 350 g/mol. The van der Waals surface area contributed by atoms with Gasteiger partial charge in [0.1, 0.15) is 11.5 Å². The molecule has 0 spiro atoms. The number of aryl methyl sites for hydroxylation is 2. The molecule has 0 unspecified atom stereocenters. The van der Waals surface area contributed by atoms with Crippen LogP contribution in [0.5, 0.6) is 11.5 Å². The third-order valence-electron chi connectivity index (χ3n) is 3.86. The van der Waals surface area contributed by atoms with Crippen LogP contribution in [0, 0.1) is 6.92 Å². The summed E-state index contributed by atoms with van der Waals surface area (Å²) in [7, 11) is 3.60. The molecule has 0 aliphatic heterocycles. The van der Waals surface area contributed by atoms with Crippen molar-refractivity contribution in [3.8, 4) is 11.5 Å². The first kappa shape index (κ1) is 17.5. The zero-order valence-electron chi connectivity index (χ0n) is 15.1. The lowest BCUT2D eigenvalue weighted by atomic mass is 10.2. The molecule has 2 aromatic carbocycles. The van der Waals surface area contributed by atoms with Crippen LogP contribution in [0.1, 0.15) is 11.1 Å². The molecule has 0 aliphatic rings. The molecule has 0 bridgehead atoms. The first-order valence-electron chi connectivity index (χ1n) is 8.34. The summed E-state index contributed by atoms with van der Waals surface area (Å²) in [5, 5.41) is 6.98. The second-order valence-electron chi connectivity index (χ2n) is 6.25. The summed E-state index contributed by atoms with van der Waals surface area (Å²) in [5.74, 6) is 1.51. The van der Waals surface area contributed by atoms with Crippen molar-refractivity contribution in [2.75, 3.05) is 12.4 Å². The summed E-state index contributed by atoms with van der Waals surface area (Å²) in [5.41, 5.74) is 2.83. The fraction of sp³-hybridized carbons (Fsp3) is 0.200. The van der Waals surface area contributed by atoms with E-state index in [-0.39, 0.29) is 6.03 Å². The highest BCUT2D eigenvalue weighted by Crippen LogP contribution is 2.23. The van der Waals surface area contributed by atoms with Crippen LogP contribution in [0.25, 0.3) is 0 Å². The zero-order chi connectivity index (χ0) is 18.5. The number of rotatable bonds is 5. The Morgan fingerprint density at radius 2 is 1.96 bits per heavy atom. The van der Waals surface area contributed by atoms with E-state index in [9.17, 15) is 4.79 Å². The topological polar surface area (TPSA) is 59.4 Å². The molecule has 0 atom stereocenters. The summed E-state index contributed by atoms with van der Waals surface area (Å²) >= 11 is 0. The van der Waals surface area contributed by atoms with Crippen molar-refractivity contribution in [1.82, 2.24) is 14.7 Å². The highest BCUT2D eigenvalue weighted by Gasteiger charge is 2.10. The Kier molecular flexibility index (Phi) is 5.22. The summed E-state index contributed by atoms with van der Waals surface area (Å²) in [4.78, 5) is 13.9. The average molecular weight is 350 g/mol. The van der Waals surface area contributed by atoms with Gasteiger partial charge in [0.2, 0.25) is 0 Å². The van der Waals surface area contributed by atoms with Crippen LogP contribution in [0.4, 0.5) is 10.5 Å². The molecular formula is C20H22N4O2. The van der Waals surface area contributed by atoms with Gasteiger partial charge in [0.25, 0.3) is 0 Å². The first-order valence-corrected chi connectivity index (χ1v) is 8.34. The number of amides is 2. The van der Waals surface area contributed by atoms with Crippen LogP contribution in [0.3, 0.4) is 0 Å². The quantitative estimate of drug-likeness (QED) is 0.751. The lowest BCUT2D eigenvalue weighted by molar-refractivity contribution is 0.220. The largest absolute Gasteiger partial charge is 0.457 e. The van der Waals surface area contributed by atoms with Crippen LogP contribution in [0.15, 0.2) is 60.9 Å². The Balaban J connectivity index is 1.57. The van der Waals surface area contributed by atoms with E-state index in [0.717, 1.165) is 22.6 Å². The number of nitrogens with zero attached hydrogens (tertiary/aromatic N) is 3. The van der Waals surface area contributed by atoms with Crippen molar-refractivity contribution in [1.29, 1.82) is 0 Å². The summed E-state index contributed by atoms with van der Waals surface area (Å²) in [6.07, 6.45) is 3.64. The molecule has 1 heterocycles. The molecule has 0 fully saturated rings. The number of benzene rings is 2. The first-order chi connectivity index (χ1) is 12.5. The fourth-order valence-corrected chi connectivity index (χ4v) is 2.54. The van der Waals surface area contributed by atoms with E-state index in [4.69, 9.17) is 4.74 Å². The van der Waals surface area contributed by atoms with Gasteiger partial charge in [-0.3, -0.25) is 4.68 Å². The molecule has 3 aromatic rings. The van der Waals surface area contributed by atoms with Crippen LogP contribution < -0.4 is 10.1 Å². The van der Waals surface area contributed by atoms with Gasteiger partial charge in [-0.05, 0) is 48.9 Å². The van der Waals surface area contributed by atoms with Gasteiger partial charge < -0.3 is 15.0 Å². The molecule has 2 amide bonds. The van der Waals surface area contributed by atoms with E-state index >= 15 is 0 Å². The normalized spacial score (nSPS) is 10.4. The van der Waals surface area contributed by atoms with Gasteiger partial charge in [0, 0.05) is 31.5 Å². The van der Waals surface area contributed by atoms with Gasteiger partial charge in [0.15, 0.2) is 0 Å². The minimum absolute atomic E-state index is 0.179. The molecule has 3 rings (SSSR count). The minimum atomic E-state index is -0.179. The van der Waals surface area contributed by atoms with Crippen molar-refractivity contribution in [3.63, 3.8) is 0 Å². The summed E-state index contributed by atoms with van der Waals surface area (Å²) in [6, 6.07) is 15.0. The zero-order valence-corrected chi connectivity index (χ0v) is 15.1. The number of carbonyl (C=O) groups is 1. The Morgan fingerprint density at radius 3 is 2.62 bits per heavy atom. The lowest BCUT2D eigenvalue weighted by Gasteiger charge is -2.17. The standard InChI is InChI=1S/C20H22N4O2/c1-15-5-4-6-19(11-15)26-18-9-7-17(8-10-18)22-20(25)23(2)13-16-12-21-24(3)14-16/h4-12,14H,13H2,1-3H3,(H,22,25). The molecular weight excluding hydrogens is 328 g/mol. The Labute approximate surface area is 153 Å². The van der Waals surface area contributed by atoms with Crippen molar-refractivity contribution < 1.29 is 9.53 Å². The maximum Gasteiger partial charge on any atom is 0.321 e. The van der Waals surface area contributed by atoms with Gasteiger partial charge in [-0.1, -0.05) is 12.1 Å². The van der Waals surface area contributed by atoms with E-state index in [1.807, 2.05) is 68.7 Å². The molecule has 134 valence electrons. The maximum absolute atomic E-state index is 12.3. The highest BCUT2D eigenvalue weighted by molar-refractivity contribution is 5.89. The summed E-state index contributed by atoms with van der Waals surface area (Å²) in [6.45, 7) is 2.52. The average Bonchev–Trinajstić information content (AvgIpc) is 3.01. The second kappa shape index (κ2) is 7.74. The van der Waals surface area contributed by atoms with Gasteiger partial charge in [-0.15, -0.1) is 0 Å². The van der Waals surface area contributed by atoms with Crippen LogP contribution in [-0.4, -0.2) is 27.8 Å². The van der Waals surface area contributed by atoms with Crippen LogP contribution in [0.2, 0.25) is 0 Å². The number of carbonyl (C=O) groups excluding carboxylic acids is 1. The van der Waals surface area contributed by atoms with Crippen LogP contribution in [-0.2, 0) is 13.6 Å².